The molecule has 2 aromatic heterocycles. The van der Waals surface area contributed by atoms with Crippen LogP contribution in [-0.2, 0) is 20.1 Å². The molecule has 0 saturated heterocycles. The summed E-state index contributed by atoms with van der Waals surface area (Å²) in [6.07, 6.45) is 2.27. The molecule has 27 heavy (non-hydrogen) atoms. The van der Waals surface area contributed by atoms with E-state index in [1.54, 1.807) is 16.9 Å². The number of quaternary nitrogens is 1. The number of rotatable bonds is 5. The highest BCUT2D eigenvalue weighted by Gasteiger charge is 2.31. The third-order valence-corrected chi connectivity index (χ3v) is 6.95. The van der Waals surface area contributed by atoms with Crippen molar-refractivity contribution >= 4 is 23.6 Å². The molecule has 0 aliphatic carbocycles. The normalized spacial score (nSPS) is 19.1. The first-order valence-corrected chi connectivity index (χ1v) is 10.6. The molecule has 0 fully saturated rings. The van der Waals surface area contributed by atoms with E-state index in [-0.39, 0.29) is 0 Å². The van der Waals surface area contributed by atoms with Crippen LogP contribution in [0.1, 0.15) is 29.8 Å². The van der Waals surface area contributed by atoms with E-state index in [4.69, 9.17) is 22.1 Å². The predicted molar refractivity (Wildman–Crippen MR) is 111 cm³/mol. The van der Waals surface area contributed by atoms with Crippen molar-refractivity contribution in [1.82, 2.24) is 14.3 Å². The second kappa shape index (κ2) is 7.58. The Kier molecular flexibility index (Phi) is 5.16. The van der Waals surface area contributed by atoms with Crippen LogP contribution in [0.15, 0.2) is 35.7 Å². The molecule has 2 atom stereocenters. The van der Waals surface area contributed by atoms with Crippen LogP contribution < -0.4 is 9.64 Å². The van der Waals surface area contributed by atoms with Gasteiger partial charge in [0.15, 0.2) is 12.5 Å². The van der Waals surface area contributed by atoms with Gasteiger partial charge in [0.2, 0.25) is 4.77 Å². The van der Waals surface area contributed by atoms with Gasteiger partial charge < -0.3 is 14.2 Å². The van der Waals surface area contributed by atoms with E-state index < -0.39 is 0 Å². The average molecular weight is 402 g/mol. The molecule has 1 unspecified atom stereocenters. The molecule has 0 spiro atoms. The zero-order chi connectivity index (χ0) is 19.0. The Morgan fingerprint density at radius 1 is 1.30 bits per heavy atom. The summed E-state index contributed by atoms with van der Waals surface area (Å²) in [5.74, 6) is 1.73. The summed E-state index contributed by atoms with van der Waals surface area (Å²) < 4.78 is 10.0. The average Bonchev–Trinajstić information content (AvgIpc) is 3.28. The van der Waals surface area contributed by atoms with E-state index in [1.807, 2.05) is 51.9 Å². The molecule has 1 N–H and O–H groups in total. The van der Waals surface area contributed by atoms with Crippen LogP contribution in [0.4, 0.5) is 0 Å². The van der Waals surface area contributed by atoms with Crippen LogP contribution in [0.5, 0.6) is 5.75 Å². The van der Waals surface area contributed by atoms with Crippen LogP contribution in [-0.4, -0.2) is 28.0 Å². The Hall–Kier alpha value is -1.96. The van der Waals surface area contributed by atoms with Crippen molar-refractivity contribution in [3.05, 3.63) is 50.9 Å². The number of methoxy groups -OCH3 is 1. The van der Waals surface area contributed by atoms with Gasteiger partial charge in [-0.2, -0.15) is 4.68 Å². The van der Waals surface area contributed by atoms with Crippen molar-refractivity contribution in [1.29, 1.82) is 0 Å². The molecule has 1 aliphatic heterocycles. The largest absolute Gasteiger partial charge is 0.497 e. The fourth-order valence-electron chi connectivity index (χ4n) is 4.01. The van der Waals surface area contributed by atoms with E-state index in [0.29, 0.717) is 6.04 Å². The van der Waals surface area contributed by atoms with Gasteiger partial charge in [0.25, 0.3) is 0 Å². The topological polar surface area (TPSA) is 36.4 Å². The highest BCUT2D eigenvalue weighted by Crippen LogP contribution is 2.27. The number of nitrogens with zero attached hydrogens (tertiary/aromatic N) is 3. The summed E-state index contributed by atoms with van der Waals surface area (Å²) in [5.41, 5.74) is 2.56. The summed E-state index contributed by atoms with van der Waals surface area (Å²) in [6, 6.07) is 10.8. The summed E-state index contributed by atoms with van der Waals surface area (Å²) in [5, 5.41) is 7.08. The standard InChI is InChI=1S/C20H24N4OS2/c1-4-17-16-10-12-27-18(16)9-11-23(17)13-24-20(26)22(2)19(21-24)14-5-7-15(25-3)8-6-14/h5-8,10,12,17H,4,9,11,13H2,1-3H3/p+1/t17-/m0/s1. The smallest absolute Gasteiger partial charge is 0.202 e. The lowest BCUT2D eigenvalue weighted by atomic mass is 9.98. The first-order chi connectivity index (χ1) is 13.1. The van der Waals surface area contributed by atoms with Crippen molar-refractivity contribution in [2.24, 2.45) is 7.05 Å². The molecule has 3 heterocycles. The predicted octanol–water partition coefficient (Wildman–Crippen LogP) is 3.24. The minimum atomic E-state index is 0.522. The van der Waals surface area contributed by atoms with Crippen LogP contribution in [0.3, 0.4) is 0 Å². The number of hydrogen-bond acceptors (Lipinski definition) is 4. The Bertz CT molecular complexity index is 986. The Labute approximate surface area is 168 Å². The number of fused-ring (bicyclic) bond motifs is 1. The van der Waals surface area contributed by atoms with Crippen molar-refractivity contribution in [2.75, 3.05) is 13.7 Å². The molecule has 0 radical (unpaired) electrons. The molecule has 0 saturated carbocycles. The molecular weight excluding hydrogens is 376 g/mol. The molecule has 5 nitrogen and oxygen atoms in total. The Morgan fingerprint density at radius 3 is 2.78 bits per heavy atom. The van der Waals surface area contributed by atoms with E-state index in [2.05, 4.69) is 18.4 Å². The monoisotopic (exact) mass is 401 g/mol. The first-order valence-electron chi connectivity index (χ1n) is 9.31. The highest BCUT2D eigenvalue weighted by molar-refractivity contribution is 7.71. The molecule has 142 valence electrons. The quantitative estimate of drug-likeness (QED) is 0.667. The fraction of sp³-hybridized carbons (Fsp3) is 0.400. The number of thiophene rings is 1. The van der Waals surface area contributed by atoms with Crippen molar-refractivity contribution < 1.29 is 9.64 Å². The number of benzene rings is 1. The van der Waals surface area contributed by atoms with E-state index >= 15 is 0 Å². The van der Waals surface area contributed by atoms with Gasteiger partial charge in [-0.25, -0.2) is 0 Å². The summed E-state index contributed by atoms with van der Waals surface area (Å²) in [6.45, 7) is 4.21. The molecule has 4 rings (SSSR count). The fourth-order valence-corrected chi connectivity index (χ4v) is 5.14. The molecule has 7 heteroatoms. The number of nitrogens with one attached hydrogen (secondary N) is 1. The summed E-state index contributed by atoms with van der Waals surface area (Å²) >= 11 is 7.59. The highest BCUT2D eigenvalue weighted by atomic mass is 32.1. The second-order valence-electron chi connectivity index (χ2n) is 6.97. The molecule has 0 bridgehead atoms. The lowest BCUT2D eigenvalue weighted by Crippen LogP contribution is -3.12. The SMILES string of the molecule is CC[C@H]1c2ccsc2CC[NH+]1Cn1nc(-c2ccc(OC)cc2)n(C)c1=S. The van der Waals surface area contributed by atoms with Gasteiger partial charge in [0.05, 0.1) is 13.7 Å². The zero-order valence-electron chi connectivity index (χ0n) is 15.9. The number of aromatic nitrogens is 3. The van der Waals surface area contributed by atoms with Gasteiger partial charge in [0, 0.05) is 35.9 Å². The van der Waals surface area contributed by atoms with Crippen LogP contribution >= 0.6 is 23.6 Å². The van der Waals surface area contributed by atoms with E-state index in [1.165, 1.54) is 5.56 Å². The van der Waals surface area contributed by atoms with Gasteiger partial charge in [-0.15, -0.1) is 16.4 Å². The summed E-state index contributed by atoms with van der Waals surface area (Å²) in [7, 11) is 3.67. The number of ether oxygens (including phenoxy) is 1. The zero-order valence-corrected chi connectivity index (χ0v) is 17.6. The van der Waals surface area contributed by atoms with Gasteiger partial charge in [0.1, 0.15) is 11.8 Å². The molecule has 1 aromatic carbocycles. The van der Waals surface area contributed by atoms with E-state index in [9.17, 15) is 0 Å². The molecule has 1 aliphatic rings. The molecule has 0 amide bonds. The number of hydrogen-bond donors (Lipinski definition) is 1. The van der Waals surface area contributed by atoms with Crippen molar-refractivity contribution in [3.63, 3.8) is 0 Å². The van der Waals surface area contributed by atoms with Crippen molar-refractivity contribution in [2.45, 2.75) is 32.5 Å². The van der Waals surface area contributed by atoms with Gasteiger partial charge in [-0.3, -0.25) is 0 Å². The molecule has 3 aromatic rings. The Morgan fingerprint density at radius 2 is 2.07 bits per heavy atom. The van der Waals surface area contributed by atoms with Crippen LogP contribution in [0.2, 0.25) is 0 Å². The maximum Gasteiger partial charge on any atom is 0.202 e. The minimum Gasteiger partial charge on any atom is -0.497 e. The van der Waals surface area contributed by atoms with E-state index in [0.717, 1.165) is 48.0 Å². The first kappa shape index (κ1) is 18.4. The maximum absolute atomic E-state index is 5.69. The van der Waals surface area contributed by atoms with Crippen LogP contribution in [0, 0.1) is 4.77 Å². The third kappa shape index (κ3) is 3.35. The summed E-state index contributed by atoms with van der Waals surface area (Å²) in [4.78, 5) is 3.09. The van der Waals surface area contributed by atoms with Gasteiger partial charge in [-0.05, 0) is 47.9 Å². The van der Waals surface area contributed by atoms with Crippen LogP contribution in [0.25, 0.3) is 11.4 Å². The van der Waals surface area contributed by atoms with Crippen molar-refractivity contribution in [3.8, 4) is 17.1 Å². The second-order valence-corrected chi connectivity index (χ2v) is 8.34. The lowest BCUT2D eigenvalue weighted by Gasteiger charge is -2.31. The minimum absolute atomic E-state index is 0.522. The Balaban J connectivity index is 1.62. The third-order valence-electron chi connectivity index (χ3n) is 5.47. The van der Waals surface area contributed by atoms with Gasteiger partial charge >= 0.3 is 0 Å². The lowest BCUT2D eigenvalue weighted by molar-refractivity contribution is -0.956. The maximum atomic E-state index is 5.69. The van der Waals surface area contributed by atoms with Gasteiger partial charge in [-0.1, -0.05) is 6.92 Å². The molecular formula is C20H25N4OS2+.